The minimum Gasteiger partial charge on any atom is -0.378 e. The minimum absolute atomic E-state index is 0.0263. The van der Waals surface area contributed by atoms with Crippen LogP contribution in [0.15, 0.2) is 66.7 Å². The van der Waals surface area contributed by atoms with Crippen molar-refractivity contribution in [2.75, 3.05) is 17.2 Å². The van der Waals surface area contributed by atoms with Gasteiger partial charge in [0.1, 0.15) is 0 Å². The van der Waals surface area contributed by atoms with Crippen LogP contribution < -0.4 is 10.6 Å². The highest BCUT2D eigenvalue weighted by molar-refractivity contribution is 5.99. The zero-order valence-corrected chi connectivity index (χ0v) is 15.1. The van der Waals surface area contributed by atoms with Crippen LogP contribution in [0.3, 0.4) is 0 Å². The maximum atomic E-state index is 12.4. The summed E-state index contributed by atoms with van der Waals surface area (Å²) >= 11 is 0. The van der Waals surface area contributed by atoms with Gasteiger partial charge >= 0.3 is 0 Å². The van der Waals surface area contributed by atoms with Gasteiger partial charge in [-0.25, -0.2) is 0 Å². The molecule has 0 bridgehead atoms. The molecule has 6 nitrogen and oxygen atoms in total. The molecule has 0 fully saturated rings. The van der Waals surface area contributed by atoms with E-state index in [-0.39, 0.29) is 18.0 Å². The number of non-ortho nitro benzene ring substituents is 1. The zero-order valence-electron chi connectivity index (χ0n) is 15.1. The van der Waals surface area contributed by atoms with Crippen LogP contribution in [0, 0.1) is 10.1 Å². The first-order valence-electron chi connectivity index (χ1n) is 9.09. The Bertz CT molecular complexity index is 1050. The summed E-state index contributed by atoms with van der Waals surface area (Å²) in [5, 5.41) is 17.4. The molecule has 0 unspecified atom stereocenters. The second-order valence-corrected chi connectivity index (χ2v) is 6.73. The van der Waals surface area contributed by atoms with E-state index in [9.17, 15) is 14.9 Å². The van der Waals surface area contributed by atoms with Gasteiger partial charge in [0.15, 0.2) is 5.78 Å². The lowest BCUT2D eigenvalue weighted by Crippen LogP contribution is -2.14. The van der Waals surface area contributed by atoms with Crippen molar-refractivity contribution in [3.05, 3.63) is 93.5 Å². The number of hydrogen-bond acceptors (Lipinski definition) is 5. The first kappa shape index (κ1) is 17.7. The third-order valence-electron chi connectivity index (χ3n) is 4.91. The molecule has 6 heteroatoms. The molecule has 2 N–H and O–H groups in total. The molecular formula is C22H19N3O3. The summed E-state index contributed by atoms with van der Waals surface area (Å²) in [6.45, 7) is 0.118. The van der Waals surface area contributed by atoms with E-state index in [1.54, 1.807) is 0 Å². The Labute approximate surface area is 162 Å². The maximum absolute atomic E-state index is 12.4. The van der Waals surface area contributed by atoms with Crippen molar-refractivity contribution in [1.82, 2.24) is 0 Å². The SMILES string of the molecule is O=C(CNc1ccc2c(c1)Nc1ccccc1CC2)c1ccc([N+](=O)[O-])cc1. The Hall–Kier alpha value is -3.67. The molecule has 0 spiro atoms. The molecule has 4 rings (SSSR count). The molecular weight excluding hydrogens is 354 g/mol. The van der Waals surface area contributed by atoms with Gasteiger partial charge in [-0.15, -0.1) is 0 Å². The second-order valence-electron chi connectivity index (χ2n) is 6.73. The summed E-state index contributed by atoms with van der Waals surface area (Å²) in [6, 6.07) is 20.0. The molecule has 0 saturated carbocycles. The Morgan fingerprint density at radius 2 is 1.68 bits per heavy atom. The molecule has 3 aromatic carbocycles. The van der Waals surface area contributed by atoms with Gasteiger partial charge in [0.05, 0.1) is 11.5 Å². The van der Waals surface area contributed by atoms with E-state index in [0.717, 1.165) is 29.9 Å². The van der Waals surface area contributed by atoms with E-state index in [1.165, 1.54) is 35.4 Å². The summed E-state index contributed by atoms with van der Waals surface area (Å²) < 4.78 is 0. The largest absolute Gasteiger partial charge is 0.378 e. The average molecular weight is 373 g/mol. The van der Waals surface area contributed by atoms with Gasteiger partial charge in [-0.2, -0.15) is 0 Å². The molecule has 140 valence electrons. The summed E-state index contributed by atoms with van der Waals surface area (Å²) in [6.07, 6.45) is 1.95. The van der Waals surface area contributed by atoms with Crippen molar-refractivity contribution in [3.8, 4) is 0 Å². The molecule has 0 aromatic heterocycles. The van der Waals surface area contributed by atoms with E-state index in [0.29, 0.717) is 5.56 Å². The number of carbonyl (C=O) groups is 1. The highest BCUT2D eigenvalue weighted by Crippen LogP contribution is 2.31. The molecule has 0 atom stereocenters. The van der Waals surface area contributed by atoms with Crippen LogP contribution in [0.4, 0.5) is 22.7 Å². The lowest BCUT2D eigenvalue weighted by Gasteiger charge is -2.12. The monoisotopic (exact) mass is 373 g/mol. The van der Waals surface area contributed by atoms with Crippen molar-refractivity contribution >= 4 is 28.5 Å². The molecule has 1 heterocycles. The van der Waals surface area contributed by atoms with E-state index >= 15 is 0 Å². The average Bonchev–Trinajstić information content (AvgIpc) is 2.90. The third-order valence-corrected chi connectivity index (χ3v) is 4.91. The maximum Gasteiger partial charge on any atom is 0.269 e. The number of ketones is 1. The number of nitro benzene ring substituents is 1. The minimum atomic E-state index is -0.479. The van der Waals surface area contributed by atoms with Crippen LogP contribution in [-0.2, 0) is 12.8 Å². The first-order chi connectivity index (χ1) is 13.6. The summed E-state index contributed by atoms with van der Waals surface area (Å²) in [5.74, 6) is -0.122. The lowest BCUT2D eigenvalue weighted by atomic mass is 10.0. The number of carbonyl (C=O) groups excluding carboxylic acids is 1. The quantitative estimate of drug-likeness (QED) is 0.384. The number of aryl methyl sites for hydroxylation is 2. The highest BCUT2D eigenvalue weighted by Gasteiger charge is 2.13. The Morgan fingerprint density at radius 3 is 2.43 bits per heavy atom. The standard InChI is InChI=1S/C22H19N3O3/c26-22(17-8-11-19(12-9-17)25(27)28)14-23-18-10-7-16-6-5-15-3-1-2-4-20(15)24-21(16)13-18/h1-4,7-13,23-24H,5-6,14H2. The number of Topliss-reactive ketones (excluding diaryl/α,β-unsaturated/α-hetero) is 1. The van der Waals surface area contributed by atoms with Crippen molar-refractivity contribution in [3.63, 3.8) is 0 Å². The number of nitrogens with zero attached hydrogens (tertiary/aromatic N) is 1. The normalized spacial score (nSPS) is 12.1. The summed E-state index contributed by atoms with van der Waals surface area (Å²) in [4.78, 5) is 22.6. The number of fused-ring (bicyclic) bond motifs is 2. The van der Waals surface area contributed by atoms with E-state index in [1.807, 2.05) is 24.3 Å². The lowest BCUT2D eigenvalue weighted by molar-refractivity contribution is -0.384. The van der Waals surface area contributed by atoms with Crippen molar-refractivity contribution in [2.45, 2.75) is 12.8 Å². The van der Waals surface area contributed by atoms with Crippen LogP contribution in [0.2, 0.25) is 0 Å². The number of hydrogen-bond donors (Lipinski definition) is 2. The van der Waals surface area contributed by atoms with Gasteiger partial charge in [-0.05, 0) is 54.3 Å². The van der Waals surface area contributed by atoms with Crippen molar-refractivity contribution in [1.29, 1.82) is 0 Å². The topological polar surface area (TPSA) is 84.3 Å². The van der Waals surface area contributed by atoms with E-state index in [4.69, 9.17) is 0 Å². The molecule has 28 heavy (non-hydrogen) atoms. The number of anilines is 3. The van der Waals surface area contributed by atoms with Crippen LogP contribution in [0.5, 0.6) is 0 Å². The predicted molar refractivity (Wildman–Crippen MR) is 109 cm³/mol. The summed E-state index contributed by atoms with van der Waals surface area (Å²) in [5.41, 5.74) is 5.95. The molecule has 3 aromatic rings. The molecule has 0 radical (unpaired) electrons. The molecule has 1 aliphatic rings. The highest BCUT2D eigenvalue weighted by atomic mass is 16.6. The van der Waals surface area contributed by atoms with Gasteiger partial charge in [-0.3, -0.25) is 14.9 Å². The van der Waals surface area contributed by atoms with Gasteiger partial charge < -0.3 is 10.6 Å². The van der Waals surface area contributed by atoms with Crippen molar-refractivity contribution < 1.29 is 9.72 Å². The van der Waals surface area contributed by atoms with E-state index < -0.39 is 4.92 Å². The van der Waals surface area contributed by atoms with Gasteiger partial charge in [-0.1, -0.05) is 24.3 Å². The smallest absolute Gasteiger partial charge is 0.269 e. The molecule has 0 saturated heterocycles. The Morgan fingerprint density at radius 1 is 0.964 bits per heavy atom. The van der Waals surface area contributed by atoms with E-state index in [2.05, 4.69) is 28.8 Å². The van der Waals surface area contributed by atoms with Crippen molar-refractivity contribution in [2.24, 2.45) is 0 Å². The van der Waals surface area contributed by atoms with Crippen LogP contribution in [0.25, 0.3) is 0 Å². The molecule has 1 aliphatic heterocycles. The van der Waals surface area contributed by atoms with Crippen LogP contribution in [-0.4, -0.2) is 17.3 Å². The number of rotatable bonds is 5. The fraction of sp³-hybridized carbons (Fsp3) is 0.136. The summed E-state index contributed by atoms with van der Waals surface area (Å²) in [7, 11) is 0. The Balaban J connectivity index is 1.46. The number of nitro groups is 1. The Kier molecular flexibility index (Phi) is 4.76. The van der Waals surface area contributed by atoms with Crippen LogP contribution >= 0.6 is 0 Å². The zero-order chi connectivity index (χ0) is 19.5. The molecule has 0 aliphatic carbocycles. The van der Waals surface area contributed by atoms with Gasteiger partial charge in [0.2, 0.25) is 0 Å². The third kappa shape index (κ3) is 3.71. The second kappa shape index (κ2) is 7.52. The van der Waals surface area contributed by atoms with Gasteiger partial charge in [0.25, 0.3) is 5.69 Å². The first-order valence-corrected chi connectivity index (χ1v) is 9.09. The fourth-order valence-electron chi connectivity index (χ4n) is 3.35. The number of nitrogens with one attached hydrogen (secondary N) is 2. The molecule has 0 amide bonds. The van der Waals surface area contributed by atoms with Gasteiger partial charge in [0, 0.05) is 34.8 Å². The number of para-hydroxylation sites is 1. The predicted octanol–water partition coefficient (Wildman–Crippen LogP) is 4.73. The van der Waals surface area contributed by atoms with Crippen LogP contribution in [0.1, 0.15) is 21.5 Å². The number of benzene rings is 3. The fourth-order valence-corrected chi connectivity index (χ4v) is 3.35.